The molecule has 31 heavy (non-hydrogen) atoms. The van der Waals surface area contributed by atoms with Crippen molar-refractivity contribution in [2.24, 2.45) is 11.0 Å². The molecule has 0 unspecified atom stereocenters. The summed E-state index contributed by atoms with van der Waals surface area (Å²) in [7, 11) is 0. The second-order valence-electron chi connectivity index (χ2n) is 9.19. The average Bonchev–Trinajstić information content (AvgIpc) is 3.56. The van der Waals surface area contributed by atoms with Gasteiger partial charge >= 0.3 is 0 Å². The molecule has 0 aromatic heterocycles. The first-order chi connectivity index (χ1) is 14.9. The van der Waals surface area contributed by atoms with Crippen LogP contribution in [0.5, 0.6) is 5.75 Å². The standard InChI is InChI=1S/C27H30N2O2/c1-5-31-25-15-12-18-8-6-7-9-21(18)24(25)17-28-29-26(30)23-16-22(23)19-10-13-20(14-11-19)27(2,3)4/h6-15,17,22-23H,5,16H2,1-4H3,(H,29,30)/b28-17-/t22-,23-/m1/s1. The van der Waals surface area contributed by atoms with E-state index in [1.807, 2.05) is 37.3 Å². The van der Waals surface area contributed by atoms with Crippen LogP contribution in [-0.2, 0) is 10.2 Å². The van der Waals surface area contributed by atoms with E-state index >= 15 is 0 Å². The lowest BCUT2D eigenvalue weighted by molar-refractivity contribution is -0.122. The smallest absolute Gasteiger partial charge is 0.243 e. The Balaban J connectivity index is 1.44. The quantitative estimate of drug-likeness (QED) is 0.410. The Hall–Kier alpha value is -3.14. The van der Waals surface area contributed by atoms with Crippen molar-refractivity contribution in [3.63, 3.8) is 0 Å². The highest BCUT2D eigenvalue weighted by molar-refractivity contribution is 6.02. The summed E-state index contributed by atoms with van der Waals surface area (Å²) in [6, 6.07) is 20.8. The third kappa shape index (κ3) is 4.63. The second-order valence-corrected chi connectivity index (χ2v) is 9.19. The van der Waals surface area contributed by atoms with Gasteiger partial charge in [0.1, 0.15) is 5.75 Å². The van der Waals surface area contributed by atoms with Gasteiger partial charge in [-0.05, 0) is 52.6 Å². The van der Waals surface area contributed by atoms with Crippen LogP contribution in [0.2, 0.25) is 0 Å². The summed E-state index contributed by atoms with van der Waals surface area (Å²) in [5.74, 6) is 0.999. The topological polar surface area (TPSA) is 50.7 Å². The van der Waals surface area contributed by atoms with Crippen molar-refractivity contribution in [1.29, 1.82) is 0 Å². The molecule has 4 rings (SSSR count). The average molecular weight is 415 g/mol. The number of rotatable bonds is 6. The molecule has 2 atom stereocenters. The minimum Gasteiger partial charge on any atom is -0.493 e. The van der Waals surface area contributed by atoms with Crippen molar-refractivity contribution in [1.82, 2.24) is 5.43 Å². The van der Waals surface area contributed by atoms with E-state index in [9.17, 15) is 4.79 Å². The van der Waals surface area contributed by atoms with Crippen molar-refractivity contribution in [3.8, 4) is 5.75 Å². The Kier molecular flexibility index (Phi) is 5.81. The lowest BCUT2D eigenvalue weighted by Gasteiger charge is -2.19. The van der Waals surface area contributed by atoms with Gasteiger partial charge < -0.3 is 4.74 Å². The maximum Gasteiger partial charge on any atom is 0.243 e. The fourth-order valence-corrected chi connectivity index (χ4v) is 4.02. The van der Waals surface area contributed by atoms with Gasteiger partial charge in [0.2, 0.25) is 5.91 Å². The van der Waals surface area contributed by atoms with Crippen LogP contribution in [0.1, 0.15) is 56.7 Å². The summed E-state index contributed by atoms with van der Waals surface area (Å²) in [6.07, 6.45) is 2.56. The minimum atomic E-state index is -0.0284. The van der Waals surface area contributed by atoms with Gasteiger partial charge in [-0.3, -0.25) is 4.79 Å². The predicted octanol–water partition coefficient (Wildman–Crippen LogP) is 5.79. The molecule has 1 N–H and O–H groups in total. The van der Waals surface area contributed by atoms with Gasteiger partial charge in [-0.1, -0.05) is 75.4 Å². The number of hydrazone groups is 1. The molecular weight excluding hydrogens is 384 g/mol. The number of benzene rings is 3. The van der Waals surface area contributed by atoms with Gasteiger partial charge in [-0.2, -0.15) is 5.10 Å². The molecule has 4 heteroatoms. The van der Waals surface area contributed by atoms with Gasteiger partial charge in [0.05, 0.1) is 12.8 Å². The Morgan fingerprint density at radius 2 is 1.84 bits per heavy atom. The molecule has 1 saturated carbocycles. The minimum absolute atomic E-state index is 0.0171. The van der Waals surface area contributed by atoms with Gasteiger partial charge in [0.25, 0.3) is 0 Å². The van der Waals surface area contributed by atoms with Crippen molar-refractivity contribution < 1.29 is 9.53 Å². The zero-order valence-electron chi connectivity index (χ0n) is 18.7. The van der Waals surface area contributed by atoms with Gasteiger partial charge in [0.15, 0.2) is 0 Å². The molecule has 1 amide bonds. The molecule has 0 radical (unpaired) electrons. The number of hydrogen-bond acceptors (Lipinski definition) is 3. The Labute approximate surface area is 184 Å². The van der Waals surface area contributed by atoms with Crippen LogP contribution in [0.25, 0.3) is 10.8 Å². The molecule has 3 aromatic rings. The van der Waals surface area contributed by atoms with Crippen molar-refractivity contribution in [2.75, 3.05) is 6.61 Å². The number of amides is 1. The molecule has 1 aliphatic rings. The van der Waals surface area contributed by atoms with Gasteiger partial charge in [-0.25, -0.2) is 5.43 Å². The first-order valence-corrected chi connectivity index (χ1v) is 11.0. The number of carbonyl (C=O) groups is 1. The molecular formula is C27H30N2O2. The fourth-order valence-electron chi connectivity index (χ4n) is 4.02. The number of hydrogen-bond donors (Lipinski definition) is 1. The van der Waals surface area contributed by atoms with E-state index in [4.69, 9.17) is 4.74 Å². The maximum atomic E-state index is 12.6. The highest BCUT2D eigenvalue weighted by Gasteiger charge is 2.44. The van der Waals surface area contributed by atoms with Crippen LogP contribution in [0.15, 0.2) is 65.8 Å². The highest BCUT2D eigenvalue weighted by atomic mass is 16.5. The molecule has 1 fully saturated rings. The molecule has 4 nitrogen and oxygen atoms in total. The lowest BCUT2D eigenvalue weighted by Crippen LogP contribution is -2.20. The summed E-state index contributed by atoms with van der Waals surface area (Å²) in [5.41, 5.74) is 6.29. The summed E-state index contributed by atoms with van der Waals surface area (Å²) in [6.45, 7) is 9.16. The molecule has 1 aliphatic carbocycles. The monoisotopic (exact) mass is 414 g/mol. The van der Waals surface area contributed by atoms with Crippen LogP contribution in [0.4, 0.5) is 0 Å². The molecule has 0 saturated heterocycles. The number of ether oxygens (including phenoxy) is 1. The Morgan fingerprint density at radius 1 is 1.10 bits per heavy atom. The Bertz CT molecular complexity index is 1110. The summed E-state index contributed by atoms with van der Waals surface area (Å²) < 4.78 is 5.77. The third-order valence-corrected chi connectivity index (χ3v) is 5.93. The van der Waals surface area contributed by atoms with E-state index in [1.54, 1.807) is 6.21 Å². The predicted molar refractivity (Wildman–Crippen MR) is 127 cm³/mol. The SMILES string of the molecule is CCOc1ccc2ccccc2c1/C=N\NC(=O)[C@@H]1C[C@@H]1c1ccc(C(C)(C)C)cc1. The Morgan fingerprint density at radius 3 is 2.55 bits per heavy atom. The van der Waals surface area contributed by atoms with Crippen LogP contribution in [0.3, 0.4) is 0 Å². The summed E-state index contributed by atoms with van der Waals surface area (Å²) in [4.78, 5) is 12.6. The van der Waals surface area contributed by atoms with E-state index in [1.165, 1.54) is 11.1 Å². The van der Waals surface area contributed by atoms with E-state index in [0.29, 0.717) is 6.61 Å². The first-order valence-electron chi connectivity index (χ1n) is 11.0. The van der Waals surface area contributed by atoms with Crippen LogP contribution in [-0.4, -0.2) is 18.7 Å². The molecule has 160 valence electrons. The fraction of sp³-hybridized carbons (Fsp3) is 0.333. The molecule has 3 aromatic carbocycles. The number of nitrogens with one attached hydrogen (secondary N) is 1. The zero-order chi connectivity index (χ0) is 22.0. The first kappa shape index (κ1) is 21.1. The number of carbonyl (C=O) groups excluding carboxylic acids is 1. The van der Waals surface area contributed by atoms with Crippen LogP contribution >= 0.6 is 0 Å². The molecule has 0 bridgehead atoms. The lowest BCUT2D eigenvalue weighted by atomic mass is 9.86. The van der Waals surface area contributed by atoms with Gasteiger partial charge in [-0.15, -0.1) is 0 Å². The number of nitrogens with zero attached hydrogens (tertiary/aromatic N) is 1. The van der Waals surface area contributed by atoms with E-state index < -0.39 is 0 Å². The van der Waals surface area contributed by atoms with Crippen molar-refractivity contribution in [3.05, 3.63) is 77.4 Å². The van der Waals surface area contributed by atoms with E-state index in [0.717, 1.165) is 28.5 Å². The largest absolute Gasteiger partial charge is 0.493 e. The van der Waals surface area contributed by atoms with Crippen molar-refractivity contribution in [2.45, 2.75) is 45.4 Å². The maximum absolute atomic E-state index is 12.6. The molecule has 0 aliphatic heterocycles. The summed E-state index contributed by atoms with van der Waals surface area (Å²) >= 11 is 0. The highest BCUT2D eigenvalue weighted by Crippen LogP contribution is 2.47. The third-order valence-electron chi connectivity index (χ3n) is 5.93. The zero-order valence-corrected chi connectivity index (χ0v) is 18.7. The number of fused-ring (bicyclic) bond motifs is 1. The van der Waals surface area contributed by atoms with E-state index in [2.05, 4.69) is 61.6 Å². The normalized spacial score (nSPS) is 18.3. The molecule has 0 heterocycles. The second kappa shape index (κ2) is 8.54. The van der Waals surface area contributed by atoms with Crippen LogP contribution in [0, 0.1) is 5.92 Å². The van der Waals surface area contributed by atoms with Gasteiger partial charge in [0, 0.05) is 11.5 Å². The van der Waals surface area contributed by atoms with E-state index in [-0.39, 0.29) is 23.2 Å². The summed E-state index contributed by atoms with van der Waals surface area (Å²) in [5, 5.41) is 6.43. The van der Waals surface area contributed by atoms with Crippen molar-refractivity contribution >= 4 is 22.9 Å². The molecule has 0 spiro atoms. The van der Waals surface area contributed by atoms with Crippen LogP contribution < -0.4 is 10.2 Å².